The zero-order valence-corrected chi connectivity index (χ0v) is 11.8. The van der Waals surface area contributed by atoms with Gasteiger partial charge in [-0.1, -0.05) is 6.07 Å². The number of carbonyl (C=O) groups is 1. The summed E-state index contributed by atoms with van der Waals surface area (Å²) in [5.74, 6) is -0.117. The number of hydrogen-bond acceptors (Lipinski definition) is 4. The highest BCUT2D eigenvalue weighted by atomic mass is 16.1. The van der Waals surface area contributed by atoms with Crippen molar-refractivity contribution in [2.75, 3.05) is 17.2 Å². The number of anilines is 2. The van der Waals surface area contributed by atoms with Gasteiger partial charge in [-0.05, 0) is 42.5 Å². The fourth-order valence-corrected chi connectivity index (χ4v) is 1.87. The number of carbonyl (C=O) groups excluding carboxylic acids is 1. The molecule has 5 heteroatoms. The van der Waals surface area contributed by atoms with Crippen molar-refractivity contribution in [1.82, 2.24) is 0 Å². The van der Waals surface area contributed by atoms with Crippen LogP contribution in [-0.4, -0.2) is 12.5 Å². The maximum absolute atomic E-state index is 11.8. The molecule has 1 amide bonds. The second kappa shape index (κ2) is 7.47. The second-order valence-corrected chi connectivity index (χ2v) is 4.61. The fraction of sp³-hybridized carbons (Fsp3) is 0.118. The van der Waals surface area contributed by atoms with E-state index in [0.29, 0.717) is 29.8 Å². The molecule has 0 aliphatic rings. The van der Waals surface area contributed by atoms with E-state index in [9.17, 15) is 4.79 Å². The maximum Gasteiger partial charge on any atom is 0.226 e. The molecule has 0 saturated carbocycles. The lowest BCUT2D eigenvalue weighted by atomic mass is 10.2. The third-order valence-electron chi connectivity index (χ3n) is 2.97. The summed E-state index contributed by atoms with van der Waals surface area (Å²) in [4.78, 5) is 11.8. The van der Waals surface area contributed by atoms with Gasteiger partial charge in [-0.15, -0.1) is 0 Å². The SMILES string of the molecule is N#Cc1ccc(NC(=O)CCNc2cccc(C#N)c2)cc1. The Balaban J connectivity index is 1.80. The Kier molecular flexibility index (Phi) is 5.12. The highest BCUT2D eigenvalue weighted by molar-refractivity contribution is 5.91. The summed E-state index contributed by atoms with van der Waals surface area (Å²) in [5.41, 5.74) is 2.60. The first-order valence-corrected chi connectivity index (χ1v) is 6.75. The summed E-state index contributed by atoms with van der Waals surface area (Å²) in [6.45, 7) is 0.469. The van der Waals surface area contributed by atoms with Gasteiger partial charge in [0, 0.05) is 24.3 Å². The van der Waals surface area contributed by atoms with E-state index in [1.807, 2.05) is 12.1 Å². The molecule has 0 aliphatic carbocycles. The molecule has 0 fully saturated rings. The maximum atomic E-state index is 11.8. The zero-order chi connectivity index (χ0) is 15.8. The predicted molar refractivity (Wildman–Crippen MR) is 84.1 cm³/mol. The molecule has 0 heterocycles. The molecule has 0 bridgehead atoms. The van der Waals surface area contributed by atoms with E-state index in [4.69, 9.17) is 10.5 Å². The van der Waals surface area contributed by atoms with Gasteiger partial charge >= 0.3 is 0 Å². The molecular weight excluding hydrogens is 276 g/mol. The van der Waals surface area contributed by atoms with E-state index in [0.717, 1.165) is 5.69 Å². The summed E-state index contributed by atoms with van der Waals surface area (Å²) in [5, 5.41) is 23.4. The highest BCUT2D eigenvalue weighted by Gasteiger charge is 2.02. The van der Waals surface area contributed by atoms with Crippen molar-refractivity contribution in [3.05, 3.63) is 59.7 Å². The first kappa shape index (κ1) is 15.1. The molecule has 22 heavy (non-hydrogen) atoms. The van der Waals surface area contributed by atoms with Crippen LogP contribution in [0.15, 0.2) is 48.5 Å². The molecule has 0 spiro atoms. The molecule has 0 saturated heterocycles. The Labute approximate surface area is 128 Å². The first-order valence-electron chi connectivity index (χ1n) is 6.75. The molecule has 2 aromatic carbocycles. The molecule has 0 aliphatic heterocycles. The van der Waals surface area contributed by atoms with Crippen molar-refractivity contribution in [2.24, 2.45) is 0 Å². The van der Waals surface area contributed by atoms with Crippen molar-refractivity contribution in [1.29, 1.82) is 10.5 Å². The zero-order valence-electron chi connectivity index (χ0n) is 11.8. The van der Waals surface area contributed by atoms with E-state index in [1.165, 1.54) is 0 Å². The Morgan fingerprint density at radius 1 is 0.955 bits per heavy atom. The van der Waals surface area contributed by atoms with E-state index in [1.54, 1.807) is 42.5 Å². The summed E-state index contributed by atoms with van der Waals surface area (Å²) in [6.07, 6.45) is 0.302. The lowest BCUT2D eigenvalue weighted by molar-refractivity contribution is -0.115. The van der Waals surface area contributed by atoms with Crippen LogP contribution in [0.5, 0.6) is 0 Å². The summed E-state index contributed by atoms with van der Waals surface area (Å²) in [6, 6.07) is 17.9. The molecule has 2 rings (SSSR count). The number of benzene rings is 2. The van der Waals surface area contributed by atoms with Gasteiger partial charge in [0.15, 0.2) is 0 Å². The molecule has 5 nitrogen and oxygen atoms in total. The minimum atomic E-state index is -0.117. The van der Waals surface area contributed by atoms with Crippen molar-refractivity contribution in [3.63, 3.8) is 0 Å². The van der Waals surface area contributed by atoms with Gasteiger partial charge in [-0.3, -0.25) is 4.79 Å². The predicted octanol–water partition coefficient (Wildman–Crippen LogP) is 2.87. The van der Waals surface area contributed by atoms with E-state index in [2.05, 4.69) is 16.7 Å². The molecule has 0 aromatic heterocycles. The van der Waals surface area contributed by atoms with Gasteiger partial charge in [0.25, 0.3) is 0 Å². The third-order valence-corrected chi connectivity index (χ3v) is 2.97. The number of rotatable bonds is 5. The topological polar surface area (TPSA) is 88.7 Å². The first-order chi connectivity index (χ1) is 10.7. The Bertz CT molecular complexity index is 738. The molecular formula is C17H14N4O. The van der Waals surface area contributed by atoms with Crippen LogP contribution in [0.4, 0.5) is 11.4 Å². The van der Waals surface area contributed by atoms with Crippen molar-refractivity contribution >= 4 is 17.3 Å². The second-order valence-electron chi connectivity index (χ2n) is 4.61. The monoisotopic (exact) mass is 290 g/mol. The van der Waals surface area contributed by atoms with Crippen LogP contribution in [-0.2, 0) is 4.79 Å². The average molecular weight is 290 g/mol. The Morgan fingerprint density at radius 3 is 2.36 bits per heavy atom. The van der Waals surface area contributed by atoms with Crippen LogP contribution < -0.4 is 10.6 Å². The van der Waals surface area contributed by atoms with Gasteiger partial charge in [0.1, 0.15) is 0 Å². The van der Waals surface area contributed by atoms with E-state index < -0.39 is 0 Å². The van der Waals surface area contributed by atoms with Crippen molar-refractivity contribution in [3.8, 4) is 12.1 Å². The van der Waals surface area contributed by atoms with E-state index in [-0.39, 0.29) is 5.91 Å². The van der Waals surface area contributed by atoms with Crippen LogP contribution in [0, 0.1) is 22.7 Å². The van der Waals surface area contributed by atoms with Crippen LogP contribution >= 0.6 is 0 Å². The minimum absolute atomic E-state index is 0.117. The lowest BCUT2D eigenvalue weighted by Gasteiger charge is -2.07. The Morgan fingerprint density at radius 2 is 1.68 bits per heavy atom. The minimum Gasteiger partial charge on any atom is -0.384 e. The molecule has 0 unspecified atom stereocenters. The number of nitrogens with one attached hydrogen (secondary N) is 2. The largest absolute Gasteiger partial charge is 0.384 e. The van der Waals surface area contributed by atoms with Gasteiger partial charge in [-0.2, -0.15) is 10.5 Å². The lowest BCUT2D eigenvalue weighted by Crippen LogP contribution is -2.16. The van der Waals surface area contributed by atoms with Crippen LogP contribution in [0.2, 0.25) is 0 Å². The standard InChI is InChI=1S/C17H14N4O/c18-11-13-4-6-15(7-5-13)21-17(22)8-9-20-16-3-1-2-14(10-16)12-19/h1-7,10,20H,8-9H2,(H,21,22). The number of nitrogens with zero attached hydrogens (tertiary/aromatic N) is 2. The summed E-state index contributed by atoms with van der Waals surface area (Å²) >= 11 is 0. The van der Waals surface area contributed by atoms with Crippen molar-refractivity contribution < 1.29 is 4.79 Å². The molecule has 2 N–H and O–H groups in total. The van der Waals surface area contributed by atoms with Gasteiger partial charge in [0.2, 0.25) is 5.91 Å². The Hall–Kier alpha value is -3.31. The third kappa shape index (κ3) is 4.36. The summed E-state index contributed by atoms with van der Waals surface area (Å²) < 4.78 is 0. The molecule has 0 radical (unpaired) electrons. The highest BCUT2D eigenvalue weighted by Crippen LogP contribution is 2.11. The smallest absolute Gasteiger partial charge is 0.226 e. The van der Waals surface area contributed by atoms with Gasteiger partial charge in [0.05, 0.1) is 23.3 Å². The fourth-order valence-electron chi connectivity index (χ4n) is 1.87. The quantitative estimate of drug-likeness (QED) is 0.886. The summed E-state index contributed by atoms with van der Waals surface area (Å²) in [7, 11) is 0. The number of hydrogen-bond donors (Lipinski definition) is 2. The van der Waals surface area contributed by atoms with Crippen LogP contribution in [0.1, 0.15) is 17.5 Å². The average Bonchev–Trinajstić information content (AvgIpc) is 2.56. The van der Waals surface area contributed by atoms with Crippen LogP contribution in [0.3, 0.4) is 0 Å². The molecule has 108 valence electrons. The van der Waals surface area contributed by atoms with Gasteiger partial charge in [-0.25, -0.2) is 0 Å². The normalized spacial score (nSPS) is 9.36. The van der Waals surface area contributed by atoms with E-state index >= 15 is 0 Å². The van der Waals surface area contributed by atoms with Gasteiger partial charge < -0.3 is 10.6 Å². The van der Waals surface area contributed by atoms with Crippen LogP contribution in [0.25, 0.3) is 0 Å². The number of nitriles is 2. The van der Waals surface area contributed by atoms with Crippen molar-refractivity contribution in [2.45, 2.75) is 6.42 Å². The molecule has 0 atom stereocenters. The number of amides is 1. The molecule has 2 aromatic rings.